The quantitative estimate of drug-likeness (QED) is 0.279. The number of nitrogens with zero attached hydrogens (tertiary/aromatic N) is 5. The Morgan fingerprint density at radius 2 is 1.71 bits per heavy atom. The largest absolute Gasteiger partial charge is 0.494 e. The number of hydrogen-bond acceptors (Lipinski definition) is 9. The molecule has 0 saturated heterocycles. The Morgan fingerprint density at radius 1 is 1.00 bits per heavy atom. The molecule has 12 heteroatoms. The van der Waals surface area contributed by atoms with E-state index in [0.29, 0.717) is 39.3 Å². The van der Waals surface area contributed by atoms with E-state index in [1.54, 1.807) is 54.2 Å². The van der Waals surface area contributed by atoms with Crippen LogP contribution in [-0.2, 0) is 20.3 Å². The summed E-state index contributed by atoms with van der Waals surface area (Å²) in [5.74, 6) is 1.05. The summed E-state index contributed by atoms with van der Waals surface area (Å²) in [6, 6.07) is 10.5. The molecule has 3 heterocycles. The van der Waals surface area contributed by atoms with Crippen LogP contribution in [0.2, 0.25) is 5.02 Å². The highest BCUT2D eigenvalue weighted by molar-refractivity contribution is 7.91. The predicted octanol–water partition coefficient (Wildman–Crippen LogP) is 4.39. The summed E-state index contributed by atoms with van der Waals surface area (Å²) in [5.41, 5.74) is 2.49. The van der Waals surface area contributed by atoms with Gasteiger partial charge < -0.3 is 14.2 Å². The van der Waals surface area contributed by atoms with Crippen molar-refractivity contribution in [3.05, 3.63) is 77.1 Å². The molecule has 2 atom stereocenters. The number of benzene rings is 1. The number of para-hydroxylation sites is 1. The highest BCUT2D eigenvalue weighted by atomic mass is 35.5. The number of ether oxygens (including phenoxy) is 3. The molecular formula is C26H28ClN5O5S. The molecule has 4 rings (SSSR count). The van der Waals surface area contributed by atoms with Crippen LogP contribution in [0.3, 0.4) is 0 Å². The lowest BCUT2D eigenvalue weighted by atomic mass is 10.2. The fourth-order valence-electron chi connectivity index (χ4n) is 4.17. The molecule has 0 saturated carbocycles. The van der Waals surface area contributed by atoms with Gasteiger partial charge in [-0.05, 0) is 49.7 Å². The Morgan fingerprint density at radius 3 is 2.29 bits per heavy atom. The number of aryl methyl sites for hydroxylation is 1. The minimum Gasteiger partial charge on any atom is -0.494 e. The van der Waals surface area contributed by atoms with Crippen LogP contribution in [0.1, 0.15) is 30.1 Å². The van der Waals surface area contributed by atoms with E-state index < -0.39 is 26.9 Å². The maximum Gasteiger partial charge on any atom is 0.170 e. The number of hydrogen-bond donors (Lipinski definition) is 0. The van der Waals surface area contributed by atoms with Gasteiger partial charge in [0.15, 0.2) is 21.5 Å². The molecule has 3 aromatic heterocycles. The first-order valence-corrected chi connectivity index (χ1v) is 13.7. The number of methoxy groups -OCH3 is 3. The Bertz CT molecular complexity index is 1500. The average Bonchev–Trinajstić information content (AvgIpc) is 3.31. The molecule has 200 valence electrons. The second-order valence-electron chi connectivity index (χ2n) is 8.61. The van der Waals surface area contributed by atoms with Crippen molar-refractivity contribution in [2.75, 3.05) is 21.3 Å². The van der Waals surface area contributed by atoms with Crippen LogP contribution >= 0.6 is 11.6 Å². The maximum absolute atomic E-state index is 13.7. The van der Waals surface area contributed by atoms with Crippen LogP contribution in [0.25, 0.3) is 17.1 Å². The summed E-state index contributed by atoms with van der Waals surface area (Å²) in [5, 5.41) is 8.16. The molecule has 0 aliphatic carbocycles. The zero-order chi connectivity index (χ0) is 27.4. The van der Waals surface area contributed by atoms with E-state index in [0.717, 1.165) is 5.56 Å². The molecule has 0 bridgehead atoms. The van der Waals surface area contributed by atoms with Gasteiger partial charge >= 0.3 is 0 Å². The van der Waals surface area contributed by atoms with Gasteiger partial charge in [0.05, 0.1) is 30.2 Å². The van der Waals surface area contributed by atoms with E-state index in [4.69, 9.17) is 25.8 Å². The minimum absolute atomic E-state index is 0.176. The molecular weight excluding hydrogens is 530 g/mol. The number of halogens is 1. The van der Waals surface area contributed by atoms with E-state index in [2.05, 4.69) is 20.2 Å². The van der Waals surface area contributed by atoms with Crippen LogP contribution in [0.4, 0.5) is 0 Å². The first kappa shape index (κ1) is 27.5. The molecule has 0 amide bonds. The van der Waals surface area contributed by atoms with Crippen molar-refractivity contribution < 1.29 is 22.6 Å². The van der Waals surface area contributed by atoms with Gasteiger partial charge in [0.2, 0.25) is 0 Å². The van der Waals surface area contributed by atoms with E-state index >= 15 is 0 Å². The molecule has 0 fully saturated rings. The van der Waals surface area contributed by atoms with Crippen molar-refractivity contribution in [2.45, 2.75) is 31.0 Å². The van der Waals surface area contributed by atoms with Gasteiger partial charge in [-0.3, -0.25) is 14.5 Å². The van der Waals surface area contributed by atoms with Crippen LogP contribution in [-0.4, -0.2) is 59.7 Å². The Kier molecular flexibility index (Phi) is 8.29. The fraction of sp³-hybridized carbons (Fsp3) is 0.308. The third-order valence-corrected chi connectivity index (χ3v) is 8.37. The standard InChI is InChI=1S/C26H28ClN5O5S/c1-16-11-18(13-28-12-16)26-31-30-23(32(26)24-21(35-3)7-6-8-22(24)36-4)15-38(33,34)17(2)25(37-5)20-10-9-19(27)14-29-20/h6-14,17,25H,15H2,1-5H3/t17-,25-/m0/s1. The van der Waals surface area contributed by atoms with Gasteiger partial charge in [-0.25, -0.2) is 8.42 Å². The monoisotopic (exact) mass is 557 g/mol. The minimum atomic E-state index is -3.85. The van der Waals surface area contributed by atoms with Crippen molar-refractivity contribution >= 4 is 21.4 Å². The average molecular weight is 558 g/mol. The van der Waals surface area contributed by atoms with Crippen LogP contribution in [0.5, 0.6) is 11.5 Å². The van der Waals surface area contributed by atoms with E-state index in [1.165, 1.54) is 27.5 Å². The molecule has 4 aromatic rings. The van der Waals surface area contributed by atoms with E-state index in [-0.39, 0.29) is 5.82 Å². The number of rotatable bonds is 10. The lowest BCUT2D eigenvalue weighted by molar-refractivity contribution is 0.0987. The van der Waals surface area contributed by atoms with Gasteiger partial charge in [0, 0.05) is 31.3 Å². The lowest BCUT2D eigenvalue weighted by Crippen LogP contribution is -2.29. The highest BCUT2D eigenvalue weighted by Gasteiger charge is 2.34. The van der Waals surface area contributed by atoms with Gasteiger partial charge in [-0.1, -0.05) is 17.7 Å². The van der Waals surface area contributed by atoms with E-state index in [9.17, 15) is 8.42 Å². The third-order valence-electron chi connectivity index (χ3n) is 6.11. The van der Waals surface area contributed by atoms with Crippen LogP contribution < -0.4 is 9.47 Å². The Labute approximate surface area is 226 Å². The van der Waals surface area contributed by atoms with Gasteiger partial charge in [-0.2, -0.15) is 0 Å². The molecule has 0 unspecified atom stereocenters. The summed E-state index contributed by atoms with van der Waals surface area (Å²) >= 11 is 5.96. The molecule has 0 radical (unpaired) electrons. The molecule has 10 nitrogen and oxygen atoms in total. The number of aromatic nitrogens is 5. The molecule has 0 spiro atoms. The SMILES string of the molecule is COc1cccc(OC)c1-n1c(CS(=O)(=O)[C@@H](C)[C@H](OC)c2ccc(Cl)cn2)nnc1-c1cncc(C)c1. The maximum atomic E-state index is 13.7. The molecule has 0 N–H and O–H groups in total. The second-order valence-corrected chi connectivity index (χ2v) is 11.4. The van der Waals surface area contributed by atoms with Crippen LogP contribution in [0.15, 0.2) is 55.0 Å². The number of pyridine rings is 2. The second kappa shape index (κ2) is 11.5. The van der Waals surface area contributed by atoms with Gasteiger partial charge in [0.25, 0.3) is 0 Å². The van der Waals surface area contributed by atoms with Crippen LogP contribution in [0, 0.1) is 6.92 Å². The first-order chi connectivity index (χ1) is 18.2. The predicted molar refractivity (Wildman–Crippen MR) is 144 cm³/mol. The first-order valence-electron chi connectivity index (χ1n) is 11.6. The van der Waals surface area contributed by atoms with Gasteiger partial charge in [-0.15, -0.1) is 10.2 Å². The lowest BCUT2D eigenvalue weighted by Gasteiger charge is -2.23. The summed E-state index contributed by atoms with van der Waals surface area (Å²) in [7, 11) is 0.645. The fourth-order valence-corrected chi connectivity index (χ4v) is 5.72. The van der Waals surface area contributed by atoms with E-state index in [1.807, 2.05) is 13.0 Å². The molecule has 0 aliphatic heterocycles. The molecule has 38 heavy (non-hydrogen) atoms. The summed E-state index contributed by atoms with van der Waals surface area (Å²) in [6.07, 6.45) is 3.99. The Hall–Kier alpha value is -3.54. The highest BCUT2D eigenvalue weighted by Crippen LogP contribution is 2.37. The smallest absolute Gasteiger partial charge is 0.170 e. The zero-order valence-electron chi connectivity index (χ0n) is 21.6. The van der Waals surface area contributed by atoms with Crippen molar-refractivity contribution in [1.29, 1.82) is 0 Å². The van der Waals surface area contributed by atoms with Crippen molar-refractivity contribution in [3.8, 4) is 28.6 Å². The third kappa shape index (κ3) is 5.50. The summed E-state index contributed by atoms with van der Waals surface area (Å²) in [4.78, 5) is 8.53. The summed E-state index contributed by atoms with van der Waals surface area (Å²) in [6.45, 7) is 3.49. The van der Waals surface area contributed by atoms with Crippen molar-refractivity contribution in [2.24, 2.45) is 0 Å². The van der Waals surface area contributed by atoms with Crippen molar-refractivity contribution in [1.82, 2.24) is 24.7 Å². The zero-order valence-corrected chi connectivity index (χ0v) is 23.2. The van der Waals surface area contributed by atoms with Gasteiger partial charge in [0.1, 0.15) is 29.0 Å². The van der Waals surface area contributed by atoms with Crippen molar-refractivity contribution in [3.63, 3.8) is 0 Å². The Balaban J connectivity index is 1.84. The summed E-state index contributed by atoms with van der Waals surface area (Å²) < 4.78 is 45.9. The normalized spacial score (nSPS) is 13.2. The topological polar surface area (TPSA) is 118 Å². The molecule has 0 aliphatic rings. The number of sulfone groups is 1. The molecule has 1 aromatic carbocycles.